The second-order valence-electron chi connectivity index (χ2n) is 5.64. The van der Waals surface area contributed by atoms with Gasteiger partial charge in [-0.2, -0.15) is 0 Å². The lowest BCUT2D eigenvalue weighted by Crippen LogP contribution is -2.38. The van der Waals surface area contributed by atoms with Gasteiger partial charge in [-0.15, -0.1) is 17.9 Å². The molecule has 1 saturated carbocycles. The van der Waals surface area contributed by atoms with Gasteiger partial charge in [0.1, 0.15) is 6.54 Å². The molecular formula is C16H23N3O2S. The van der Waals surface area contributed by atoms with Crippen molar-refractivity contribution in [3.05, 3.63) is 24.2 Å². The van der Waals surface area contributed by atoms with Crippen LogP contribution in [0.3, 0.4) is 0 Å². The van der Waals surface area contributed by atoms with E-state index in [-0.39, 0.29) is 18.4 Å². The van der Waals surface area contributed by atoms with Gasteiger partial charge in [0.25, 0.3) is 0 Å². The van der Waals surface area contributed by atoms with Gasteiger partial charge in [-0.25, -0.2) is 4.98 Å². The third-order valence-electron chi connectivity index (χ3n) is 3.96. The van der Waals surface area contributed by atoms with Gasteiger partial charge in [-0.3, -0.25) is 9.59 Å². The zero-order chi connectivity index (χ0) is 15.8. The molecule has 1 aromatic heterocycles. The fraction of sp³-hybridized carbons (Fsp3) is 0.562. The van der Waals surface area contributed by atoms with Crippen molar-refractivity contribution in [2.75, 3.05) is 18.4 Å². The molecule has 0 radical (unpaired) electrons. The molecular weight excluding hydrogens is 298 g/mol. The van der Waals surface area contributed by atoms with Crippen molar-refractivity contribution >= 4 is 28.3 Å². The number of hydrogen-bond acceptors (Lipinski definition) is 4. The highest BCUT2D eigenvalue weighted by molar-refractivity contribution is 7.13. The van der Waals surface area contributed by atoms with E-state index in [4.69, 9.17) is 0 Å². The van der Waals surface area contributed by atoms with Crippen molar-refractivity contribution in [1.82, 2.24) is 9.88 Å². The molecule has 22 heavy (non-hydrogen) atoms. The van der Waals surface area contributed by atoms with Crippen molar-refractivity contribution < 1.29 is 9.59 Å². The van der Waals surface area contributed by atoms with E-state index in [9.17, 15) is 9.59 Å². The molecule has 1 aliphatic carbocycles. The molecule has 0 aliphatic heterocycles. The van der Waals surface area contributed by atoms with Crippen LogP contribution in [0, 0.1) is 5.92 Å². The Hall–Kier alpha value is -1.69. The number of anilines is 1. The fourth-order valence-corrected chi connectivity index (χ4v) is 3.36. The van der Waals surface area contributed by atoms with Crippen molar-refractivity contribution in [1.29, 1.82) is 0 Å². The quantitative estimate of drug-likeness (QED) is 0.749. The maximum absolute atomic E-state index is 12.3. The van der Waals surface area contributed by atoms with Crippen molar-refractivity contribution in [2.45, 2.75) is 38.5 Å². The first kappa shape index (κ1) is 16.7. The largest absolute Gasteiger partial charge is 0.330 e. The Balaban J connectivity index is 1.80. The number of amides is 2. The molecule has 0 unspecified atom stereocenters. The van der Waals surface area contributed by atoms with E-state index in [0.29, 0.717) is 24.0 Å². The standard InChI is InChI=1S/C16H23N3O2S/c1-2-10-19(12-14(20)18-16-17-9-11-22-16)15(21)8-7-13-5-3-4-6-13/h2,9,11,13H,1,3-8,10,12H2,(H,17,18,20). The number of hydrogen-bond donors (Lipinski definition) is 1. The van der Waals surface area contributed by atoms with E-state index in [1.54, 1.807) is 22.6 Å². The third kappa shape index (κ3) is 5.26. The predicted octanol–water partition coefficient (Wildman–Crippen LogP) is 3.07. The Morgan fingerprint density at radius 2 is 2.23 bits per heavy atom. The molecule has 5 nitrogen and oxygen atoms in total. The number of nitrogens with zero attached hydrogens (tertiary/aromatic N) is 2. The fourth-order valence-electron chi connectivity index (χ4n) is 2.81. The van der Waals surface area contributed by atoms with Crippen LogP contribution in [0.2, 0.25) is 0 Å². The van der Waals surface area contributed by atoms with Crippen LogP contribution in [-0.4, -0.2) is 34.8 Å². The summed E-state index contributed by atoms with van der Waals surface area (Å²) in [5.41, 5.74) is 0. The van der Waals surface area contributed by atoms with Gasteiger partial charge >= 0.3 is 0 Å². The summed E-state index contributed by atoms with van der Waals surface area (Å²) in [7, 11) is 0. The van der Waals surface area contributed by atoms with Gasteiger partial charge in [0.05, 0.1) is 0 Å². The summed E-state index contributed by atoms with van der Waals surface area (Å²) < 4.78 is 0. The summed E-state index contributed by atoms with van der Waals surface area (Å²) in [6, 6.07) is 0. The zero-order valence-electron chi connectivity index (χ0n) is 12.8. The molecule has 0 aromatic carbocycles. The van der Waals surface area contributed by atoms with Gasteiger partial charge in [0.2, 0.25) is 11.8 Å². The van der Waals surface area contributed by atoms with E-state index in [1.165, 1.54) is 37.0 Å². The first-order chi connectivity index (χ1) is 10.7. The lowest BCUT2D eigenvalue weighted by molar-refractivity contribution is -0.134. The second kappa shape index (κ2) is 8.68. The Morgan fingerprint density at radius 1 is 1.45 bits per heavy atom. The van der Waals surface area contributed by atoms with E-state index in [0.717, 1.165) is 6.42 Å². The maximum Gasteiger partial charge on any atom is 0.245 e. The first-order valence-electron chi connectivity index (χ1n) is 7.77. The van der Waals surface area contributed by atoms with Gasteiger partial charge in [-0.1, -0.05) is 31.8 Å². The lowest BCUT2D eigenvalue weighted by atomic mass is 10.0. The summed E-state index contributed by atoms with van der Waals surface area (Å²) in [6.07, 6.45) is 9.78. The molecule has 120 valence electrons. The Morgan fingerprint density at radius 3 is 2.86 bits per heavy atom. The molecule has 2 amide bonds. The first-order valence-corrected chi connectivity index (χ1v) is 8.65. The minimum absolute atomic E-state index is 0.0288. The van der Waals surface area contributed by atoms with Crippen LogP contribution in [0.4, 0.5) is 5.13 Å². The number of thiazole rings is 1. The average Bonchev–Trinajstić information content (AvgIpc) is 3.17. The smallest absolute Gasteiger partial charge is 0.245 e. The van der Waals surface area contributed by atoms with E-state index < -0.39 is 0 Å². The molecule has 1 aliphatic rings. The molecule has 1 heterocycles. The van der Waals surface area contributed by atoms with Gasteiger partial charge in [0.15, 0.2) is 5.13 Å². The van der Waals surface area contributed by atoms with E-state index in [2.05, 4.69) is 16.9 Å². The number of rotatable bonds is 8. The molecule has 2 rings (SSSR count). The minimum atomic E-state index is -0.217. The monoisotopic (exact) mass is 321 g/mol. The van der Waals surface area contributed by atoms with Crippen LogP contribution >= 0.6 is 11.3 Å². The predicted molar refractivity (Wildman–Crippen MR) is 88.7 cm³/mol. The topological polar surface area (TPSA) is 62.3 Å². The minimum Gasteiger partial charge on any atom is -0.330 e. The molecule has 0 atom stereocenters. The molecule has 1 aromatic rings. The van der Waals surface area contributed by atoms with Crippen molar-refractivity contribution in [3.8, 4) is 0 Å². The second-order valence-corrected chi connectivity index (χ2v) is 6.53. The summed E-state index contributed by atoms with van der Waals surface area (Å²) >= 11 is 1.36. The van der Waals surface area contributed by atoms with Crippen molar-refractivity contribution in [3.63, 3.8) is 0 Å². The van der Waals surface area contributed by atoms with Crippen LogP contribution in [0.5, 0.6) is 0 Å². The lowest BCUT2D eigenvalue weighted by Gasteiger charge is -2.21. The number of aromatic nitrogens is 1. The third-order valence-corrected chi connectivity index (χ3v) is 4.65. The molecule has 6 heteroatoms. The zero-order valence-corrected chi connectivity index (χ0v) is 13.6. The van der Waals surface area contributed by atoms with Crippen LogP contribution < -0.4 is 5.32 Å². The normalized spacial score (nSPS) is 14.7. The van der Waals surface area contributed by atoms with Crippen molar-refractivity contribution in [2.24, 2.45) is 5.92 Å². The van der Waals surface area contributed by atoms with Gasteiger partial charge in [-0.05, 0) is 12.3 Å². The Labute approximate surface area is 135 Å². The maximum atomic E-state index is 12.3. The van der Waals surface area contributed by atoms with Crippen LogP contribution in [0.15, 0.2) is 24.2 Å². The molecule has 0 saturated heterocycles. The highest BCUT2D eigenvalue weighted by atomic mass is 32.1. The highest BCUT2D eigenvalue weighted by Gasteiger charge is 2.20. The molecule has 0 bridgehead atoms. The van der Waals surface area contributed by atoms with Gasteiger partial charge < -0.3 is 10.2 Å². The molecule has 0 spiro atoms. The van der Waals surface area contributed by atoms with Crippen LogP contribution in [0.1, 0.15) is 38.5 Å². The molecule has 1 fully saturated rings. The highest BCUT2D eigenvalue weighted by Crippen LogP contribution is 2.28. The van der Waals surface area contributed by atoms with Crippen LogP contribution in [0.25, 0.3) is 0 Å². The summed E-state index contributed by atoms with van der Waals surface area (Å²) in [5.74, 6) is 0.491. The SMILES string of the molecule is C=CCN(CC(=O)Nc1nccs1)C(=O)CCC1CCCC1. The molecule has 1 N–H and O–H groups in total. The number of nitrogens with one attached hydrogen (secondary N) is 1. The summed E-state index contributed by atoms with van der Waals surface area (Å²) in [6.45, 7) is 4.12. The van der Waals surface area contributed by atoms with Crippen LogP contribution in [-0.2, 0) is 9.59 Å². The van der Waals surface area contributed by atoms with E-state index in [1.807, 2.05) is 0 Å². The summed E-state index contributed by atoms with van der Waals surface area (Å²) in [5, 5.41) is 5.06. The summed E-state index contributed by atoms with van der Waals surface area (Å²) in [4.78, 5) is 29.9. The van der Waals surface area contributed by atoms with Gasteiger partial charge in [0, 0.05) is 24.5 Å². The average molecular weight is 321 g/mol. The number of carbonyl (C=O) groups excluding carboxylic acids is 2. The Bertz CT molecular complexity index is 495. The number of carbonyl (C=O) groups is 2. The van der Waals surface area contributed by atoms with E-state index >= 15 is 0 Å². The Kier molecular flexibility index (Phi) is 6.58.